The summed E-state index contributed by atoms with van der Waals surface area (Å²) in [5.74, 6) is -0.459. The minimum absolute atomic E-state index is 0.0945. The number of benzene rings is 1. The summed E-state index contributed by atoms with van der Waals surface area (Å²) in [6.45, 7) is 5.62. The highest BCUT2D eigenvalue weighted by Crippen LogP contribution is 2.39. The van der Waals surface area contributed by atoms with Crippen molar-refractivity contribution in [1.29, 1.82) is 0 Å². The zero-order valence-corrected chi connectivity index (χ0v) is 19.6. The molecule has 4 N–H and O–H groups in total. The molecule has 9 heteroatoms. The first-order valence-electron chi connectivity index (χ1n) is 11.1. The Bertz CT molecular complexity index is 1170. The van der Waals surface area contributed by atoms with Crippen molar-refractivity contribution in [1.82, 2.24) is 15.5 Å². The maximum atomic E-state index is 13.0. The Hall–Kier alpha value is -3.17. The van der Waals surface area contributed by atoms with Crippen molar-refractivity contribution in [2.24, 2.45) is 0 Å². The average molecular weight is 469 g/mol. The molecule has 0 aliphatic heterocycles. The molecular weight excluding hydrogens is 440 g/mol. The Morgan fingerprint density at radius 2 is 2.09 bits per heavy atom. The minimum atomic E-state index is -0.383. The molecule has 33 heavy (non-hydrogen) atoms. The van der Waals surface area contributed by atoms with Gasteiger partial charge < -0.3 is 20.5 Å². The van der Waals surface area contributed by atoms with Gasteiger partial charge in [0.05, 0.1) is 11.3 Å². The Kier molecular flexibility index (Phi) is 7.10. The van der Waals surface area contributed by atoms with Crippen LogP contribution in [0.3, 0.4) is 0 Å². The minimum Gasteiger partial charge on any atom is -0.507 e. The first-order valence-corrected chi connectivity index (χ1v) is 12.0. The Morgan fingerprint density at radius 3 is 2.91 bits per heavy atom. The van der Waals surface area contributed by atoms with E-state index in [4.69, 9.17) is 4.74 Å². The van der Waals surface area contributed by atoms with Crippen LogP contribution in [0.4, 0.5) is 5.00 Å². The molecule has 2 amide bonds. The molecule has 2 heterocycles. The number of phenols is 1. The standard InChI is InChI=1S/C24H28N4O4S/c1-3-32-11-5-10-25-23(31)21-15-6-4-7-20(15)33-24(21)26-22(30)18-13-17(27-28-18)16-12-14(2)8-9-19(16)29/h8-9,12-13,29H,3-7,10-11H2,1-2H3,(H,25,31)(H,26,30)(H,27,28). The van der Waals surface area contributed by atoms with Crippen LogP contribution in [0, 0.1) is 6.92 Å². The molecule has 8 nitrogen and oxygen atoms in total. The zero-order valence-electron chi connectivity index (χ0n) is 18.8. The SMILES string of the molecule is CCOCCCNC(=O)c1c(NC(=O)c2cc(-c3cc(C)ccc3O)n[nH]2)sc2c1CCC2. The molecule has 1 aromatic carbocycles. The van der Waals surface area contributed by atoms with Gasteiger partial charge in [-0.2, -0.15) is 5.10 Å². The number of aromatic amines is 1. The van der Waals surface area contributed by atoms with Crippen molar-refractivity contribution in [3.8, 4) is 17.0 Å². The van der Waals surface area contributed by atoms with E-state index in [9.17, 15) is 14.7 Å². The second kappa shape index (κ2) is 10.2. The highest BCUT2D eigenvalue weighted by atomic mass is 32.1. The predicted octanol–water partition coefficient (Wildman–Crippen LogP) is 4.05. The molecule has 0 bridgehead atoms. The number of nitrogens with one attached hydrogen (secondary N) is 3. The van der Waals surface area contributed by atoms with Gasteiger partial charge in [0, 0.05) is 30.2 Å². The number of nitrogens with zero attached hydrogens (tertiary/aromatic N) is 1. The lowest BCUT2D eigenvalue weighted by Crippen LogP contribution is -2.27. The van der Waals surface area contributed by atoms with Crippen LogP contribution in [-0.4, -0.2) is 46.9 Å². The summed E-state index contributed by atoms with van der Waals surface area (Å²) in [5.41, 5.74) is 3.85. The van der Waals surface area contributed by atoms with Crippen LogP contribution in [0.2, 0.25) is 0 Å². The lowest BCUT2D eigenvalue weighted by Gasteiger charge is -2.09. The number of carbonyl (C=O) groups excluding carboxylic acids is 2. The monoisotopic (exact) mass is 468 g/mol. The molecule has 3 aromatic rings. The Labute approximate surface area is 196 Å². The molecule has 0 spiro atoms. The molecule has 0 saturated heterocycles. The van der Waals surface area contributed by atoms with Gasteiger partial charge in [0.2, 0.25) is 0 Å². The van der Waals surface area contributed by atoms with E-state index in [2.05, 4.69) is 20.8 Å². The van der Waals surface area contributed by atoms with E-state index >= 15 is 0 Å². The summed E-state index contributed by atoms with van der Waals surface area (Å²) in [6, 6.07) is 6.81. The second-order valence-electron chi connectivity index (χ2n) is 8.01. The molecule has 0 atom stereocenters. The number of aryl methyl sites for hydroxylation is 2. The van der Waals surface area contributed by atoms with Crippen molar-refractivity contribution in [3.05, 3.63) is 51.5 Å². The number of phenolic OH excluding ortho intramolecular Hbond substituents is 1. The third-order valence-electron chi connectivity index (χ3n) is 5.58. The summed E-state index contributed by atoms with van der Waals surface area (Å²) >= 11 is 1.46. The normalized spacial score (nSPS) is 12.5. The highest BCUT2D eigenvalue weighted by Gasteiger charge is 2.28. The molecule has 2 aromatic heterocycles. The van der Waals surface area contributed by atoms with Crippen molar-refractivity contribution in [2.75, 3.05) is 25.1 Å². The lowest BCUT2D eigenvalue weighted by atomic mass is 10.1. The number of carbonyl (C=O) groups is 2. The summed E-state index contributed by atoms with van der Waals surface area (Å²) in [6.07, 6.45) is 3.51. The van der Waals surface area contributed by atoms with E-state index in [0.717, 1.165) is 41.7 Å². The summed E-state index contributed by atoms with van der Waals surface area (Å²) < 4.78 is 5.32. The Morgan fingerprint density at radius 1 is 1.24 bits per heavy atom. The van der Waals surface area contributed by atoms with Gasteiger partial charge in [0.1, 0.15) is 16.4 Å². The van der Waals surface area contributed by atoms with Gasteiger partial charge in [-0.1, -0.05) is 11.6 Å². The smallest absolute Gasteiger partial charge is 0.274 e. The molecule has 0 radical (unpaired) electrons. The van der Waals surface area contributed by atoms with Crippen LogP contribution in [-0.2, 0) is 17.6 Å². The van der Waals surface area contributed by atoms with Crippen molar-refractivity contribution >= 4 is 28.2 Å². The fourth-order valence-electron chi connectivity index (χ4n) is 3.94. The van der Waals surface area contributed by atoms with Crippen molar-refractivity contribution in [2.45, 2.75) is 39.5 Å². The van der Waals surface area contributed by atoms with E-state index in [0.29, 0.717) is 41.6 Å². The largest absolute Gasteiger partial charge is 0.507 e. The number of hydrogen-bond donors (Lipinski definition) is 4. The number of hydrogen-bond acceptors (Lipinski definition) is 6. The summed E-state index contributed by atoms with van der Waals surface area (Å²) in [5, 5.41) is 23.5. The second-order valence-corrected chi connectivity index (χ2v) is 9.11. The van der Waals surface area contributed by atoms with Crippen molar-refractivity contribution in [3.63, 3.8) is 0 Å². The molecule has 1 aliphatic rings. The van der Waals surface area contributed by atoms with Crippen LogP contribution in [0.1, 0.15) is 56.6 Å². The predicted molar refractivity (Wildman–Crippen MR) is 128 cm³/mol. The number of fused-ring (bicyclic) bond motifs is 1. The number of thiophene rings is 1. The molecule has 1 aliphatic carbocycles. The summed E-state index contributed by atoms with van der Waals surface area (Å²) in [7, 11) is 0. The van der Waals surface area contributed by atoms with Gasteiger partial charge in [-0.05, 0) is 63.3 Å². The molecule has 0 unspecified atom stereocenters. The van der Waals surface area contributed by atoms with E-state index in [1.54, 1.807) is 18.2 Å². The number of amides is 2. The van der Waals surface area contributed by atoms with Gasteiger partial charge in [0.15, 0.2) is 0 Å². The molecule has 0 fully saturated rings. The maximum Gasteiger partial charge on any atom is 0.274 e. The quantitative estimate of drug-likeness (QED) is 0.354. The van der Waals surface area contributed by atoms with E-state index in [1.165, 1.54) is 11.3 Å². The van der Waals surface area contributed by atoms with Gasteiger partial charge in [-0.3, -0.25) is 14.7 Å². The van der Waals surface area contributed by atoms with Gasteiger partial charge >= 0.3 is 0 Å². The van der Waals surface area contributed by atoms with Crippen LogP contribution < -0.4 is 10.6 Å². The third kappa shape index (κ3) is 5.09. The lowest BCUT2D eigenvalue weighted by molar-refractivity contribution is 0.0944. The molecular formula is C24H28N4O4S. The fraction of sp³-hybridized carbons (Fsp3) is 0.375. The zero-order chi connectivity index (χ0) is 23.4. The van der Waals surface area contributed by atoms with E-state index in [-0.39, 0.29) is 23.3 Å². The first kappa shape index (κ1) is 23.0. The average Bonchev–Trinajstić information content (AvgIpc) is 3.51. The van der Waals surface area contributed by atoms with Crippen LogP contribution in [0.15, 0.2) is 24.3 Å². The topological polar surface area (TPSA) is 116 Å². The van der Waals surface area contributed by atoms with Crippen LogP contribution in [0.25, 0.3) is 11.3 Å². The first-order chi connectivity index (χ1) is 16.0. The van der Waals surface area contributed by atoms with Gasteiger partial charge in [0.25, 0.3) is 11.8 Å². The number of rotatable bonds is 9. The number of aromatic nitrogens is 2. The van der Waals surface area contributed by atoms with Crippen LogP contribution in [0.5, 0.6) is 5.75 Å². The summed E-state index contributed by atoms with van der Waals surface area (Å²) in [4.78, 5) is 27.1. The molecule has 4 rings (SSSR count). The fourth-order valence-corrected chi connectivity index (χ4v) is 5.22. The number of anilines is 1. The van der Waals surface area contributed by atoms with E-state index in [1.807, 2.05) is 19.9 Å². The molecule has 0 saturated carbocycles. The third-order valence-corrected chi connectivity index (χ3v) is 6.79. The highest BCUT2D eigenvalue weighted by molar-refractivity contribution is 7.17. The number of ether oxygens (including phenoxy) is 1. The van der Waals surface area contributed by atoms with E-state index < -0.39 is 0 Å². The Balaban J connectivity index is 1.50. The number of H-pyrrole nitrogens is 1. The van der Waals surface area contributed by atoms with Crippen molar-refractivity contribution < 1.29 is 19.4 Å². The molecule has 174 valence electrons. The van der Waals surface area contributed by atoms with Gasteiger partial charge in [-0.15, -0.1) is 11.3 Å². The maximum absolute atomic E-state index is 13.0. The number of aromatic hydroxyl groups is 1. The van der Waals surface area contributed by atoms with Crippen LogP contribution >= 0.6 is 11.3 Å². The van der Waals surface area contributed by atoms with Gasteiger partial charge in [-0.25, -0.2) is 0 Å².